The quantitative estimate of drug-likeness (QED) is 0.688. The lowest BCUT2D eigenvalue weighted by Gasteiger charge is -2.26. The highest BCUT2D eigenvalue weighted by molar-refractivity contribution is 6.31. The van der Waals surface area contributed by atoms with E-state index < -0.39 is 17.9 Å². The normalized spacial score (nSPS) is 18.8. The molecule has 1 unspecified atom stereocenters. The number of pyridine rings is 1. The second-order valence-electron chi connectivity index (χ2n) is 6.67. The van der Waals surface area contributed by atoms with Crippen molar-refractivity contribution in [2.45, 2.75) is 12.0 Å². The molecule has 152 valence electrons. The molecular weight excluding hydrogens is 414 g/mol. The molecule has 1 aliphatic heterocycles. The molecule has 10 heteroatoms. The summed E-state index contributed by atoms with van der Waals surface area (Å²) in [6.45, 7) is 0. The van der Waals surface area contributed by atoms with E-state index in [1.807, 2.05) is 0 Å². The third kappa shape index (κ3) is 3.17. The van der Waals surface area contributed by atoms with Gasteiger partial charge in [-0.15, -0.1) is 0 Å². The summed E-state index contributed by atoms with van der Waals surface area (Å²) >= 11 is 6.34. The van der Waals surface area contributed by atoms with Crippen molar-refractivity contribution in [3.8, 4) is 11.3 Å². The van der Waals surface area contributed by atoms with Crippen LogP contribution >= 0.6 is 11.6 Å². The van der Waals surface area contributed by atoms with Crippen molar-refractivity contribution in [3.05, 3.63) is 77.0 Å². The second-order valence-corrected chi connectivity index (χ2v) is 7.11. The summed E-state index contributed by atoms with van der Waals surface area (Å²) in [7, 11) is 1.46. The SMILES string of the molecule is CN1C(=O)C(c2cc(Cl)cc(-c3cnccn3)c2)(c2cncc(C(F)F)c2)N=C1N. The fourth-order valence-electron chi connectivity index (χ4n) is 3.35. The van der Waals surface area contributed by atoms with Crippen molar-refractivity contribution in [3.63, 3.8) is 0 Å². The van der Waals surface area contributed by atoms with Crippen LogP contribution in [-0.2, 0) is 10.3 Å². The Balaban J connectivity index is 1.99. The molecule has 0 saturated heterocycles. The summed E-state index contributed by atoms with van der Waals surface area (Å²) in [5, 5.41) is 0.307. The predicted molar refractivity (Wildman–Crippen MR) is 107 cm³/mol. The van der Waals surface area contributed by atoms with Gasteiger partial charge in [0.05, 0.1) is 11.9 Å². The van der Waals surface area contributed by atoms with E-state index in [1.165, 1.54) is 31.7 Å². The lowest BCUT2D eigenvalue weighted by atomic mass is 9.82. The largest absolute Gasteiger partial charge is 0.369 e. The third-order valence-corrected chi connectivity index (χ3v) is 5.06. The number of likely N-dealkylation sites (N-methyl/N-ethyl adjacent to an activating group) is 1. The molecule has 0 fully saturated rings. The molecule has 2 N–H and O–H groups in total. The number of amides is 1. The molecule has 4 rings (SSSR count). The van der Waals surface area contributed by atoms with Crippen LogP contribution in [-0.4, -0.2) is 38.8 Å². The van der Waals surface area contributed by atoms with Crippen molar-refractivity contribution >= 4 is 23.5 Å². The number of aliphatic imine (C=N–C) groups is 1. The van der Waals surface area contributed by atoms with Gasteiger partial charge in [0, 0.05) is 53.5 Å². The molecule has 2 aromatic heterocycles. The van der Waals surface area contributed by atoms with Crippen LogP contribution < -0.4 is 5.73 Å². The first kappa shape index (κ1) is 19.8. The van der Waals surface area contributed by atoms with E-state index in [0.717, 1.165) is 11.1 Å². The minimum absolute atomic E-state index is 0.0523. The van der Waals surface area contributed by atoms with Gasteiger partial charge in [-0.25, -0.2) is 13.8 Å². The molecule has 3 aromatic rings. The van der Waals surface area contributed by atoms with Gasteiger partial charge < -0.3 is 5.73 Å². The molecule has 1 atom stereocenters. The predicted octanol–water partition coefficient (Wildman–Crippen LogP) is 3.16. The molecule has 30 heavy (non-hydrogen) atoms. The standard InChI is InChI=1S/C20H15ClF2N6O/c1-29-18(30)20(28-19(29)24,14-5-12(17(22)23)8-26-9-14)13-4-11(6-15(21)7-13)16-10-25-2-3-27-16/h2-10,17H,1H3,(H2,24,28). The summed E-state index contributed by atoms with van der Waals surface area (Å²) in [6, 6.07) is 6.07. The first-order valence-corrected chi connectivity index (χ1v) is 9.15. The number of nitrogens with zero attached hydrogens (tertiary/aromatic N) is 5. The van der Waals surface area contributed by atoms with Gasteiger partial charge in [-0.1, -0.05) is 11.6 Å². The van der Waals surface area contributed by atoms with Crippen LogP contribution in [0.1, 0.15) is 23.1 Å². The molecule has 3 heterocycles. The monoisotopic (exact) mass is 428 g/mol. The van der Waals surface area contributed by atoms with Crippen molar-refractivity contribution in [1.82, 2.24) is 19.9 Å². The van der Waals surface area contributed by atoms with E-state index in [0.29, 0.717) is 21.8 Å². The van der Waals surface area contributed by atoms with E-state index in [9.17, 15) is 13.6 Å². The summed E-state index contributed by atoms with van der Waals surface area (Å²) in [4.78, 5) is 31.1. The van der Waals surface area contributed by atoms with Crippen LogP contribution in [0.3, 0.4) is 0 Å². The Morgan fingerprint density at radius 3 is 2.50 bits per heavy atom. The number of rotatable bonds is 4. The minimum atomic E-state index is -2.76. The average molecular weight is 429 g/mol. The number of carbonyl (C=O) groups excluding carboxylic acids is 1. The Morgan fingerprint density at radius 1 is 1.07 bits per heavy atom. The first-order chi connectivity index (χ1) is 14.3. The van der Waals surface area contributed by atoms with Crippen LogP contribution in [0, 0.1) is 0 Å². The summed E-state index contributed by atoms with van der Waals surface area (Å²) in [5.74, 6) is -0.566. The van der Waals surface area contributed by atoms with E-state index in [4.69, 9.17) is 17.3 Å². The molecule has 1 amide bonds. The lowest BCUT2D eigenvalue weighted by Crippen LogP contribution is -2.41. The lowest BCUT2D eigenvalue weighted by molar-refractivity contribution is -0.129. The van der Waals surface area contributed by atoms with Crippen molar-refractivity contribution in [2.75, 3.05) is 7.05 Å². The maximum atomic E-state index is 13.3. The summed E-state index contributed by atoms with van der Waals surface area (Å²) in [5.41, 5.74) is 5.50. The third-order valence-electron chi connectivity index (χ3n) is 4.84. The Hall–Kier alpha value is -3.46. The Kier molecular flexibility index (Phi) is 4.90. The van der Waals surface area contributed by atoms with E-state index in [-0.39, 0.29) is 17.1 Å². The Labute approximate surface area is 175 Å². The van der Waals surface area contributed by atoms with Crippen molar-refractivity contribution in [2.24, 2.45) is 10.7 Å². The maximum Gasteiger partial charge on any atom is 0.266 e. The highest BCUT2D eigenvalue weighted by atomic mass is 35.5. The molecule has 0 spiro atoms. The topological polar surface area (TPSA) is 97.4 Å². The van der Waals surface area contributed by atoms with E-state index in [2.05, 4.69) is 19.9 Å². The zero-order valence-electron chi connectivity index (χ0n) is 15.6. The zero-order valence-corrected chi connectivity index (χ0v) is 16.4. The number of alkyl halides is 2. The molecule has 7 nitrogen and oxygen atoms in total. The number of benzene rings is 1. The molecule has 0 radical (unpaired) electrons. The van der Waals surface area contributed by atoms with Gasteiger partial charge in [0.2, 0.25) is 0 Å². The fraction of sp³-hybridized carbons (Fsp3) is 0.150. The van der Waals surface area contributed by atoms with Crippen LogP contribution in [0.5, 0.6) is 0 Å². The molecule has 1 aliphatic rings. The van der Waals surface area contributed by atoms with Gasteiger partial charge in [0.1, 0.15) is 0 Å². The highest BCUT2D eigenvalue weighted by Gasteiger charge is 2.50. The van der Waals surface area contributed by atoms with Gasteiger partial charge in [-0.3, -0.25) is 24.6 Å². The van der Waals surface area contributed by atoms with Crippen LogP contribution in [0.2, 0.25) is 5.02 Å². The van der Waals surface area contributed by atoms with Crippen molar-refractivity contribution < 1.29 is 13.6 Å². The molecular formula is C20H15ClF2N6O. The van der Waals surface area contributed by atoms with Crippen LogP contribution in [0.25, 0.3) is 11.3 Å². The van der Waals surface area contributed by atoms with Gasteiger partial charge in [-0.05, 0) is 29.8 Å². The Morgan fingerprint density at radius 2 is 1.87 bits per heavy atom. The second kappa shape index (κ2) is 7.42. The Bertz CT molecular complexity index is 1160. The molecule has 0 saturated carbocycles. The first-order valence-electron chi connectivity index (χ1n) is 8.77. The number of halogens is 3. The fourth-order valence-corrected chi connectivity index (χ4v) is 3.59. The smallest absolute Gasteiger partial charge is 0.266 e. The van der Waals surface area contributed by atoms with Crippen LogP contribution in [0.15, 0.2) is 60.2 Å². The van der Waals surface area contributed by atoms with Gasteiger partial charge in [-0.2, -0.15) is 0 Å². The number of hydrogen-bond donors (Lipinski definition) is 1. The van der Waals surface area contributed by atoms with Gasteiger partial charge >= 0.3 is 0 Å². The number of hydrogen-bond acceptors (Lipinski definition) is 6. The molecule has 0 bridgehead atoms. The van der Waals surface area contributed by atoms with Crippen molar-refractivity contribution in [1.29, 1.82) is 0 Å². The number of nitrogens with two attached hydrogens (primary N) is 1. The zero-order chi connectivity index (χ0) is 21.5. The number of guanidine groups is 1. The van der Waals surface area contributed by atoms with Crippen LogP contribution in [0.4, 0.5) is 8.78 Å². The molecule has 0 aliphatic carbocycles. The minimum Gasteiger partial charge on any atom is -0.369 e. The summed E-state index contributed by atoms with van der Waals surface area (Å²) < 4.78 is 26.7. The number of carbonyl (C=O) groups is 1. The maximum absolute atomic E-state index is 13.3. The summed E-state index contributed by atoms with van der Waals surface area (Å²) in [6.07, 6.45) is 4.19. The highest BCUT2D eigenvalue weighted by Crippen LogP contribution is 2.42. The van der Waals surface area contributed by atoms with Gasteiger partial charge in [0.15, 0.2) is 11.5 Å². The molecule has 1 aromatic carbocycles. The average Bonchev–Trinajstić information content (AvgIpc) is 2.99. The number of aromatic nitrogens is 3. The van der Waals surface area contributed by atoms with E-state index >= 15 is 0 Å². The van der Waals surface area contributed by atoms with E-state index in [1.54, 1.807) is 24.4 Å². The van der Waals surface area contributed by atoms with Gasteiger partial charge in [0.25, 0.3) is 12.3 Å².